The summed E-state index contributed by atoms with van der Waals surface area (Å²) in [7, 11) is 0. The van der Waals surface area contributed by atoms with Gasteiger partial charge in [-0.05, 0) is 35.5 Å². The first-order valence-corrected chi connectivity index (χ1v) is 12.3. The number of nitrogens with one attached hydrogen (secondary N) is 1. The van der Waals surface area contributed by atoms with E-state index in [9.17, 15) is 19.2 Å². The van der Waals surface area contributed by atoms with Crippen LogP contribution in [0.4, 0.5) is 4.79 Å². The molecule has 3 aliphatic heterocycles. The number of rotatable bonds is 8. The standard InChI is InChI=1S/C21H23N3O7S2/c25-18(11-32-12-19(26)23-5-7-29-8-6-23)22-3-4-24-20(27)17(33-21(24)28)10-14-1-2-15-16(9-14)31-13-30-15/h1-2,9-10H,3-8,11-13H2,(H,22,25)/b17-10+. The number of amides is 4. The molecule has 0 aromatic heterocycles. The molecule has 176 valence electrons. The van der Waals surface area contributed by atoms with Crippen molar-refractivity contribution in [2.24, 2.45) is 0 Å². The van der Waals surface area contributed by atoms with Gasteiger partial charge in [0.05, 0.1) is 29.6 Å². The van der Waals surface area contributed by atoms with Gasteiger partial charge >= 0.3 is 0 Å². The van der Waals surface area contributed by atoms with Crippen LogP contribution in [0.25, 0.3) is 6.08 Å². The molecule has 3 heterocycles. The molecule has 4 amide bonds. The Morgan fingerprint density at radius 3 is 2.73 bits per heavy atom. The maximum atomic E-state index is 12.6. The molecular formula is C21H23N3O7S2. The Labute approximate surface area is 199 Å². The van der Waals surface area contributed by atoms with Crippen LogP contribution in [0.1, 0.15) is 5.56 Å². The summed E-state index contributed by atoms with van der Waals surface area (Å²) in [6.07, 6.45) is 1.63. The van der Waals surface area contributed by atoms with Gasteiger partial charge in [0.1, 0.15) is 0 Å². The van der Waals surface area contributed by atoms with Crippen molar-refractivity contribution in [3.63, 3.8) is 0 Å². The number of carbonyl (C=O) groups excluding carboxylic acids is 4. The first-order chi connectivity index (χ1) is 16.0. The first kappa shape index (κ1) is 23.5. The minimum atomic E-state index is -0.401. The van der Waals surface area contributed by atoms with E-state index in [0.29, 0.717) is 42.7 Å². The van der Waals surface area contributed by atoms with E-state index in [-0.39, 0.29) is 48.4 Å². The van der Waals surface area contributed by atoms with Crippen LogP contribution in [0.2, 0.25) is 0 Å². The average molecular weight is 494 g/mol. The van der Waals surface area contributed by atoms with E-state index >= 15 is 0 Å². The minimum Gasteiger partial charge on any atom is -0.454 e. The van der Waals surface area contributed by atoms with Crippen molar-refractivity contribution in [1.29, 1.82) is 0 Å². The molecule has 0 atom stereocenters. The third kappa shape index (κ3) is 6.01. The molecule has 33 heavy (non-hydrogen) atoms. The highest BCUT2D eigenvalue weighted by Gasteiger charge is 2.34. The number of benzene rings is 1. The zero-order valence-electron chi connectivity index (χ0n) is 17.7. The highest BCUT2D eigenvalue weighted by atomic mass is 32.2. The number of carbonyl (C=O) groups is 4. The molecule has 4 rings (SSSR count). The largest absolute Gasteiger partial charge is 0.454 e. The zero-order valence-corrected chi connectivity index (χ0v) is 19.4. The summed E-state index contributed by atoms with van der Waals surface area (Å²) in [5, 5.41) is 2.30. The zero-order chi connectivity index (χ0) is 23.2. The smallest absolute Gasteiger partial charge is 0.293 e. The molecule has 0 unspecified atom stereocenters. The van der Waals surface area contributed by atoms with Gasteiger partial charge in [-0.25, -0.2) is 0 Å². The molecule has 2 saturated heterocycles. The SMILES string of the molecule is O=C(CSCC(=O)N1CCOCC1)NCCN1C(=O)S/C(=C/c2ccc3c(c2)OCO3)C1=O. The van der Waals surface area contributed by atoms with Crippen molar-refractivity contribution in [3.05, 3.63) is 28.7 Å². The Bertz CT molecular complexity index is 979. The first-order valence-electron chi connectivity index (χ1n) is 10.4. The van der Waals surface area contributed by atoms with Crippen LogP contribution in [0.3, 0.4) is 0 Å². The molecule has 1 N–H and O–H groups in total. The summed E-state index contributed by atoms with van der Waals surface area (Å²) in [6, 6.07) is 5.28. The van der Waals surface area contributed by atoms with Gasteiger partial charge in [-0.15, -0.1) is 11.8 Å². The Balaban J connectivity index is 1.19. The van der Waals surface area contributed by atoms with Crippen LogP contribution in [0.15, 0.2) is 23.1 Å². The molecule has 12 heteroatoms. The van der Waals surface area contributed by atoms with Gasteiger partial charge in [-0.1, -0.05) is 6.07 Å². The third-order valence-electron chi connectivity index (χ3n) is 5.05. The fourth-order valence-electron chi connectivity index (χ4n) is 3.34. The summed E-state index contributed by atoms with van der Waals surface area (Å²) >= 11 is 2.09. The number of hydrogen-bond acceptors (Lipinski definition) is 9. The molecule has 10 nitrogen and oxygen atoms in total. The maximum absolute atomic E-state index is 12.6. The molecule has 1 aromatic rings. The van der Waals surface area contributed by atoms with Crippen LogP contribution in [-0.4, -0.2) is 90.5 Å². The minimum absolute atomic E-state index is 0.0110. The van der Waals surface area contributed by atoms with Crippen LogP contribution in [-0.2, 0) is 19.1 Å². The van der Waals surface area contributed by atoms with Gasteiger partial charge < -0.3 is 24.4 Å². The monoisotopic (exact) mass is 493 g/mol. The average Bonchev–Trinajstić information content (AvgIpc) is 3.39. The number of ether oxygens (including phenoxy) is 3. The van der Waals surface area contributed by atoms with Crippen LogP contribution in [0, 0.1) is 0 Å². The van der Waals surface area contributed by atoms with Gasteiger partial charge in [0.2, 0.25) is 18.6 Å². The topological polar surface area (TPSA) is 114 Å². The molecule has 0 bridgehead atoms. The third-order valence-corrected chi connectivity index (χ3v) is 6.87. The molecule has 1 aromatic carbocycles. The van der Waals surface area contributed by atoms with Crippen molar-refractivity contribution in [2.45, 2.75) is 0 Å². The van der Waals surface area contributed by atoms with Gasteiger partial charge in [-0.2, -0.15) is 0 Å². The number of fused-ring (bicyclic) bond motifs is 1. The molecule has 2 fully saturated rings. The van der Waals surface area contributed by atoms with Crippen molar-refractivity contribution in [2.75, 3.05) is 57.7 Å². The Hall–Kier alpha value is -2.70. The maximum Gasteiger partial charge on any atom is 0.293 e. The van der Waals surface area contributed by atoms with E-state index in [0.717, 1.165) is 22.2 Å². The van der Waals surface area contributed by atoms with E-state index in [1.807, 2.05) is 0 Å². The Morgan fingerprint density at radius 1 is 1.12 bits per heavy atom. The van der Waals surface area contributed by atoms with Gasteiger partial charge in [0.25, 0.3) is 11.1 Å². The number of morpholine rings is 1. The summed E-state index contributed by atoms with van der Waals surface area (Å²) in [6.45, 7) is 2.61. The predicted molar refractivity (Wildman–Crippen MR) is 123 cm³/mol. The van der Waals surface area contributed by atoms with Crippen molar-refractivity contribution in [1.82, 2.24) is 15.1 Å². The number of nitrogens with zero attached hydrogens (tertiary/aromatic N) is 2. The fourth-order valence-corrected chi connectivity index (χ4v) is 4.95. The lowest BCUT2D eigenvalue weighted by Crippen LogP contribution is -2.42. The van der Waals surface area contributed by atoms with E-state index in [4.69, 9.17) is 14.2 Å². The Kier molecular flexibility index (Phi) is 7.78. The quantitative estimate of drug-likeness (QED) is 0.533. The normalized spacial score (nSPS) is 18.8. The Morgan fingerprint density at radius 2 is 1.91 bits per heavy atom. The number of hydrogen-bond donors (Lipinski definition) is 1. The fraction of sp³-hybridized carbons (Fsp3) is 0.429. The second-order valence-electron chi connectivity index (χ2n) is 7.28. The lowest BCUT2D eigenvalue weighted by Gasteiger charge is -2.26. The summed E-state index contributed by atoms with van der Waals surface area (Å²) in [5.41, 5.74) is 0.724. The van der Waals surface area contributed by atoms with Crippen molar-refractivity contribution >= 4 is 52.6 Å². The van der Waals surface area contributed by atoms with Gasteiger partial charge in [-0.3, -0.25) is 24.1 Å². The lowest BCUT2D eigenvalue weighted by atomic mass is 10.2. The molecule has 0 aliphatic carbocycles. The highest BCUT2D eigenvalue weighted by Crippen LogP contribution is 2.36. The van der Waals surface area contributed by atoms with Crippen molar-refractivity contribution < 1.29 is 33.4 Å². The lowest BCUT2D eigenvalue weighted by molar-refractivity contribution is -0.132. The molecule has 0 radical (unpaired) electrons. The van der Waals surface area contributed by atoms with Crippen molar-refractivity contribution in [3.8, 4) is 11.5 Å². The number of thioether (sulfide) groups is 2. The van der Waals surface area contributed by atoms with E-state index in [2.05, 4.69) is 5.32 Å². The number of imide groups is 1. The summed E-state index contributed by atoms with van der Waals surface area (Å²) in [5.74, 6) is 0.918. The van der Waals surface area contributed by atoms with E-state index in [1.165, 1.54) is 11.8 Å². The second-order valence-corrected chi connectivity index (χ2v) is 9.26. The van der Waals surface area contributed by atoms with Gasteiger partial charge in [0, 0.05) is 26.2 Å². The van der Waals surface area contributed by atoms with E-state index < -0.39 is 5.91 Å². The summed E-state index contributed by atoms with van der Waals surface area (Å²) < 4.78 is 15.8. The second kappa shape index (κ2) is 10.9. The highest BCUT2D eigenvalue weighted by molar-refractivity contribution is 8.18. The van der Waals surface area contributed by atoms with Gasteiger partial charge in [0.15, 0.2) is 11.5 Å². The molecule has 3 aliphatic rings. The van der Waals surface area contributed by atoms with Crippen LogP contribution < -0.4 is 14.8 Å². The molecule has 0 saturated carbocycles. The molecule has 0 spiro atoms. The van der Waals surface area contributed by atoms with E-state index in [1.54, 1.807) is 29.2 Å². The van der Waals surface area contributed by atoms with Crippen LogP contribution in [0.5, 0.6) is 11.5 Å². The predicted octanol–water partition coefficient (Wildman–Crippen LogP) is 1.16. The van der Waals surface area contributed by atoms with Crippen LogP contribution >= 0.6 is 23.5 Å². The molecular weight excluding hydrogens is 470 g/mol. The summed E-state index contributed by atoms with van der Waals surface area (Å²) in [4.78, 5) is 52.1.